The van der Waals surface area contributed by atoms with Crippen molar-refractivity contribution in [2.75, 3.05) is 26.2 Å². The van der Waals surface area contributed by atoms with Gasteiger partial charge >= 0.3 is 18.4 Å². The van der Waals surface area contributed by atoms with Crippen LogP contribution in [0.3, 0.4) is 0 Å². The fourth-order valence-corrected chi connectivity index (χ4v) is 5.69. The molecule has 4 nitrogen and oxygen atoms in total. The highest BCUT2D eigenvalue weighted by Gasteiger charge is 2.38. The van der Waals surface area contributed by atoms with Gasteiger partial charge in [0.1, 0.15) is 5.82 Å². The predicted octanol–water partition coefficient (Wildman–Crippen LogP) is 7.12. The fourth-order valence-electron chi connectivity index (χ4n) is 5.69. The summed E-state index contributed by atoms with van der Waals surface area (Å²) < 4.78 is 92.9. The fraction of sp³-hybridized carbons (Fsp3) is 0.536. The zero-order valence-electron chi connectivity index (χ0n) is 21.6. The summed E-state index contributed by atoms with van der Waals surface area (Å²) in [6.07, 6.45) is -5.25. The van der Waals surface area contributed by atoms with Crippen LogP contribution < -0.4 is 5.32 Å². The van der Waals surface area contributed by atoms with Crippen molar-refractivity contribution in [1.82, 2.24) is 15.1 Å². The number of nitrogens with zero attached hydrogens (tertiary/aromatic N) is 2. The van der Waals surface area contributed by atoms with Crippen molar-refractivity contribution in [2.45, 2.75) is 69.9 Å². The average Bonchev–Trinajstić information content (AvgIpc) is 2.88. The van der Waals surface area contributed by atoms with Gasteiger partial charge in [0.25, 0.3) is 0 Å². The van der Waals surface area contributed by atoms with E-state index in [-0.39, 0.29) is 42.5 Å². The second-order valence-electron chi connectivity index (χ2n) is 10.4. The smallest absolute Gasteiger partial charge is 0.338 e. The molecule has 2 atom stereocenters. The number of hydrogen-bond acceptors (Lipinski definition) is 2. The molecule has 0 saturated carbocycles. The molecule has 39 heavy (non-hydrogen) atoms. The van der Waals surface area contributed by atoms with E-state index in [2.05, 4.69) is 10.2 Å². The number of nitrogens with one attached hydrogen (secondary N) is 1. The molecule has 2 fully saturated rings. The van der Waals surface area contributed by atoms with E-state index in [1.165, 1.54) is 18.6 Å². The second kappa shape index (κ2) is 11.7. The zero-order valence-corrected chi connectivity index (χ0v) is 21.6. The van der Waals surface area contributed by atoms with Crippen LogP contribution in [-0.2, 0) is 18.8 Å². The number of piperidine rings is 2. The summed E-state index contributed by atoms with van der Waals surface area (Å²) in [4.78, 5) is 17.3. The number of benzene rings is 2. The van der Waals surface area contributed by atoms with E-state index < -0.39 is 29.5 Å². The van der Waals surface area contributed by atoms with E-state index in [0.29, 0.717) is 30.7 Å². The van der Waals surface area contributed by atoms with Crippen molar-refractivity contribution in [3.8, 4) is 0 Å². The Morgan fingerprint density at radius 2 is 1.56 bits per heavy atom. The summed E-state index contributed by atoms with van der Waals surface area (Å²) in [7, 11) is 0. The van der Waals surface area contributed by atoms with Crippen molar-refractivity contribution < 1.29 is 35.5 Å². The molecule has 2 unspecified atom stereocenters. The Kier molecular flexibility index (Phi) is 8.78. The minimum Gasteiger partial charge on any atom is -0.338 e. The maximum atomic E-state index is 13.8. The molecule has 2 heterocycles. The number of carbonyl (C=O) groups is 1. The highest BCUT2D eigenvalue weighted by Crippen LogP contribution is 2.37. The lowest BCUT2D eigenvalue weighted by Crippen LogP contribution is -2.52. The molecule has 0 aromatic heterocycles. The molecule has 0 aliphatic carbocycles. The van der Waals surface area contributed by atoms with Crippen LogP contribution in [0.15, 0.2) is 36.4 Å². The third kappa shape index (κ3) is 7.23. The molecule has 2 aromatic carbocycles. The van der Waals surface area contributed by atoms with E-state index in [0.717, 1.165) is 37.9 Å². The van der Waals surface area contributed by atoms with Crippen LogP contribution in [0.1, 0.15) is 66.0 Å². The molecule has 4 rings (SSSR count). The topological polar surface area (TPSA) is 35.6 Å². The number of carbonyl (C=O) groups excluding carboxylic acids is 1. The standard InChI is InChI=1S/C28H32F7N3O/c1-18-13-22(29)5-6-24(18)25-17-23(37-10-3-2-4-11-37)8-12-38(25)26(39)36-9-7-19-14-20(27(30,31)32)16-21(15-19)28(33,34)35/h5-6,13-16,23,25H,2-4,7-12,17H2,1H3,(H,36,39). The number of likely N-dealkylation sites (tertiary alicyclic amines) is 2. The van der Waals surface area contributed by atoms with Gasteiger partial charge in [-0.1, -0.05) is 12.5 Å². The SMILES string of the molecule is Cc1cc(F)ccc1C1CC(N2CCCCC2)CCN1C(=O)NCCc1cc(C(F)(F)F)cc(C(F)(F)F)c1. The van der Waals surface area contributed by atoms with E-state index in [1.54, 1.807) is 17.9 Å². The second-order valence-corrected chi connectivity index (χ2v) is 10.4. The van der Waals surface area contributed by atoms with Gasteiger partial charge in [0.05, 0.1) is 17.2 Å². The molecular formula is C28H32F7N3O. The Bertz CT molecular complexity index is 1130. The Morgan fingerprint density at radius 1 is 0.923 bits per heavy atom. The first-order chi connectivity index (χ1) is 18.3. The van der Waals surface area contributed by atoms with E-state index in [4.69, 9.17) is 0 Å². The average molecular weight is 560 g/mol. The van der Waals surface area contributed by atoms with Gasteiger partial charge in [-0.05, 0) is 99.1 Å². The monoisotopic (exact) mass is 559 g/mol. The normalized spacial score (nSPS) is 21.2. The number of halogens is 7. The highest BCUT2D eigenvalue weighted by molar-refractivity contribution is 5.75. The number of amides is 2. The number of aryl methyl sites for hydroxylation is 1. The first-order valence-electron chi connectivity index (χ1n) is 13.2. The van der Waals surface area contributed by atoms with E-state index >= 15 is 0 Å². The molecule has 2 amide bonds. The van der Waals surface area contributed by atoms with Crippen molar-refractivity contribution in [2.24, 2.45) is 0 Å². The van der Waals surface area contributed by atoms with Crippen LogP contribution in [0, 0.1) is 12.7 Å². The molecule has 1 N–H and O–H groups in total. The van der Waals surface area contributed by atoms with Gasteiger partial charge in [0.2, 0.25) is 0 Å². The highest BCUT2D eigenvalue weighted by atomic mass is 19.4. The van der Waals surface area contributed by atoms with Gasteiger partial charge in [-0.2, -0.15) is 26.3 Å². The minimum atomic E-state index is -4.93. The summed E-state index contributed by atoms with van der Waals surface area (Å²) in [6.45, 7) is 4.05. The van der Waals surface area contributed by atoms with Gasteiger partial charge in [-0.3, -0.25) is 0 Å². The molecule has 0 spiro atoms. The van der Waals surface area contributed by atoms with E-state index in [9.17, 15) is 35.5 Å². The van der Waals surface area contributed by atoms with Crippen LogP contribution >= 0.6 is 0 Å². The maximum absolute atomic E-state index is 13.8. The van der Waals surface area contributed by atoms with Crippen LogP contribution in [0.2, 0.25) is 0 Å². The Balaban J connectivity index is 1.48. The van der Waals surface area contributed by atoms with Gasteiger partial charge < -0.3 is 15.1 Å². The summed E-state index contributed by atoms with van der Waals surface area (Å²) in [5.41, 5.74) is -1.41. The van der Waals surface area contributed by atoms with Gasteiger partial charge in [-0.25, -0.2) is 9.18 Å². The number of rotatable bonds is 5. The molecule has 2 aliphatic rings. The summed E-state index contributed by atoms with van der Waals surface area (Å²) >= 11 is 0. The van der Waals surface area contributed by atoms with Crippen molar-refractivity contribution >= 4 is 6.03 Å². The zero-order chi connectivity index (χ0) is 28.4. The van der Waals surface area contributed by atoms with E-state index in [1.807, 2.05) is 0 Å². The lowest BCUT2D eigenvalue weighted by Gasteiger charge is -2.45. The molecule has 2 aromatic rings. The van der Waals surface area contributed by atoms with Crippen LogP contribution in [0.5, 0.6) is 0 Å². The molecule has 0 radical (unpaired) electrons. The molecule has 11 heteroatoms. The first-order valence-corrected chi connectivity index (χ1v) is 13.2. The third-order valence-electron chi connectivity index (χ3n) is 7.67. The van der Waals surface area contributed by atoms with Gasteiger partial charge in [0, 0.05) is 19.1 Å². The largest absolute Gasteiger partial charge is 0.416 e. The lowest BCUT2D eigenvalue weighted by atomic mass is 9.88. The quantitative estimate of drug-likeness (QED) is 0.396. The Hall–Kier alpha value is -2.82. The lowest BCUT2D eigenvalue weighted by molar-refractivity contribution is -0.143. The number of urea groups is 1. The molecule has 2 saturated heterocycles. The molecule has 0 bridgehead atoms. The Morgan fingerprint density at radius 3 is 2.15 bits per heavy atom. The Labute approximate surface area is 223 Å². The van der Waals surface area contributed by atoms with Gasteiger partial charge in [0.15, 0.2) is 0 Å². The van der Waals surface area contributed by atoms with Crippen molar-refractivity contribution in [3.05, 3.63) is 70.0 Å². The van der Waals surface area contributed by atoms with Crippen LogP contribution in [-0.4, -0.2) is 48.1 Å². The minimum absolute atomic E-state index is 0.0875. The number of alkyl halides is 6. The molecular weight excluding hydrogens is 527 g/mol. The predicted molar refractivity (Wildman–Crippen MR) is 133 cm³/mol. The van der Waals surface area contributed by atoms with Gasteiger partial charge in [-0.15, -0.1) is 0 Å². The van der Waals surface area contributed by atoms with Crippen LogP contribution in [0.4, 0.5) is 35.5 Å². The third-order valence-corrected chi connectivity index (χ3v) is 7.67. The summed E-state index contributed by atoms with van der Waals surface area (Å²) in [5, 5.41) is 2.68. The summed E-state index contributed by atoms with van der Waals surface area (Å²) in [6, 6.07) is 5.36. The molecule has 2 aliphatic heterocycles. The van der Waals surface area contributed by atoms with Crippen molar-refractivity contribution in [3.63, 3.8) is 0 Å². The maximum Gasteiger partial charge on any atom is 0.416 e. The number of hydrogen-bond donors (Lipinski definition) is 1. The molecule has 214 valence electrons. The van der Waals surface area contributed by atoms with Crippen LogP contribution in [0.25, 0.3) is 0 Å². The summed E-state index contributed by atoms with van der Waals surface area (Å²) in [5.74, 6) is -0.380. The first kappa shape index (κ1) is 29.2. The van der Waals surface area contributed by atoms with Crippen molar-refractivity contribution in [1.29, 1.82) is 0 Å².